The summed E-state index contributed by atoms with van der Waals surface area (Å²) in [5.74, 6) is 1.24. The number of H-pyrrole nitrogens is 1. The first-order valence-electron chi connectivity index (χ1n) is 6.94. The van der Waals surface area contributed by atoms with Crippen molar-refractivity contribution in [2.45, 2.75) is 25.7 Å². The molecule has 120 valence electrons. The molecule has 0 aliphatic heterocycles. The number of hydrogen-bond acceptors (Lipinski definition) is 5. The molecule has 0 spiro atoms. The smallest absolute Gasteiger partial charge is 0.262 e. The van der Waals surface area contributed by atoms with Gasteiger partial charge in [0.25, 0.3) is 10.0 Å². The van der Waals surface area contributed by atoms with Crippen molar-refractivity contribution in [1.82, 2.24) is 15.2 Å². The van der Waals surface area contributed by atoms with Crippen molar-refractivity contribution >= 4 is 27.0 Å². The highest BCUT2D eigenvalue weighted by molar-refractivity contribution is 7.93. The lowest BCUT2D eigenvalue weighted by molar-refractivity contribution is 0.601. The fraction of sp³-hybridized carbons (Fsp3) is 0.200. The van der Waals surface area contributed by atoms with Gasteiger partial charge in [0, 0.05) is 21.0 Å². The number of nitrogens with one attached hydrogen (secondary N) is 2. The molecule has 3 aromatic rings. The molecule has 0 aliphatic rings. The van der Waals surface area contributed by atoms with E-state index >= 15 is 0 Å². The van der Waals surface area contributed by atoms with E-state index in [2.05, 4.69) is 19.9 Å². The number of anilines is 1. The summed E-state index contributed by atoms with van der Waals surface area (Å²) in [4.78, 5) is 6.31. The molecule has 0 amide bonds. The molecule has 0 saturated heterocycles. The van der Waals surface area contributed by atoms with Crippen molar-refractivity contribution in [2.75, 3.05) is 4.72 Å². The Kier molecular flexibility index (Phi) is 3.95. The Labute approximate surface area is 138 Å². The zero-order valence-corrected chi connectivity index (χ0v) is 14.5. The lowest BCUT2D eigenvalue weighted by atomic mass is 10.2. The van der Waals surface area contributed by atoms with Crippen LogP contribution < -0.4 is 4.72 Å². The highest BCUT2D eigenvalue weighted by atomic mass is 32.2. The van der Waals surface area contributed by atoms with Crippen LogP contribution in [0.5, 0.6) is 0 Å². The average Bonchev–Trinajstić information content (AvgIpc) is 3.05. The van der Waals surface area contributed by atoms with Crippen LogP contribution in [0.4, 0.5) is 5.69 Å². The summed E-state index contributed by atoms with van der Waals surface area (Å²) >= 11 is 1.47. The van der Waals surface area contributed by atoms with Crippen LogP contribution in [0.25, 0.3) is 11.4 Å². The van der Waals surface area contributed by atoms with Crippen LogP contribution in [0.15, 0.2) is 35.2 Å². The molecule has 23 heavy (non-hydrogen) atoms. The SMILES string of the molecule is Cc1nc(-c2cccc(NS(=O)(=O)c3cc(C)sc3C)c2)n[nH]1. The molecule has 8 heteroatoms. The Bertz CT molecular complexity index is 958. The van der Waals surface area contributed by atoms with Gasteiger partial charge in [-0.05, 0) is 39.0 Å². The van der Waals surface area contributed by atoms with Gasteiger partial charge in [-0.2, -0.15) is 5.10 Å². The van der Waals surface area contributed by atoms with Gasteiger partial charge in [0.15, 0.2) is 5.82 Å². The van der Waals surface area contributed by atoms with Crippen LogP contribution in [0.3, 0.4) is 0 Å². The van der Waals surface area contributed by atoms with Crippen LogP contribution in [0.1, 0.15) is 15.6 Å². The summed E-state index contributed by atoms with van der Waals surface area (Å²) in [6.45, 7) is 5.51. The Morgan fingerprint density at radius 3 is 2.57 bits per heavy atom. The third kappa shape index (κ3) is 3.27. The molecule has 0 atom stereocenters. The Morgan fingerprint density at radius 2 is 1.96 bits per heavy atom. The average molecular weight is 348 g/mol. The molecular weight excluding hydrogens is 332 g/mol. The summed E-state index contributed by atoms with van der Waals surface area (Å²) in [6.07, 6.45) is 0. The lowest BCUT2D eigenvalue weighted by Gasteiger charge is -2.08. The molecule has 1 aromatic carbocycles. The molecule has 3 rings (SSSR count). The van der Waals surface area contributed by atoms with Gasteiger partial charge in [-0.15, -0.1) is 11.3 Å². The second-order valence-corrected chi connectivity index (χ2v) is 8.32. The van der Waals surface area contributed by atoms with Crippen LogP contribution in [0.2, 0.25) is 0 Å². The van der Waals surface area contributed by atoms with Crippen LogP contribution in [0, 0.1) is 20.8 Å². The molecule has 6 nitrogen and oxygen atoms in total. The van der Waals surface area contributed by atoms with Crippen molar-refractivity contribution < 1.29 is 8.42 Å². The first kappa shape index (κ1) is 15.7. The van der Waals surface area contributed by atoms with Gasteiger partial charge in [-0.3, -0.25) is 9.82 Å². The first-order chi connectivity index (χ1) is 10.8. The van der Waals surface area contributed by atoms with Gasteiger partial charge in [-0.25, -0.2) is 13.4 Å². The molecule has 2 N–H and O–H groups in total. The van der Waals surface area contributed by atoms with Gasteiger partial charge in [0.1, 0.15) is 10.7 Å². The normalized spacial score (nSPS) is 11.6. The molecule has 0 bridgehead atoms. The van der Waals surface area contributed by atoms with Gasteiger partial charge >= 0.3 is 0 Å². The van der Waals surface area contributed by atoms with Crippen LogP contribution in [-0.2, 0) is 10.0 Å². The first-order valence-corrected chi connectivity index (χ1v) is 9.24. The van der Waals surface area contributed by atoms with Crippen LogP contribution >= 0.6 is 11.3 Å². The molecule has 2 aromatic heterocycles. The summed E-state index contributed by atoms with van der Waals surface area (Å²) in [6, 6.07) is 8.71. The molecule has 2 heterocycles. The minimum atomic E-state index is -3.61. The third-order valence-electron chi connectivity index (χ3n) is 3.26. The standard InChI is InChI=1S/C15H16N4O2S2/c1-9-7-14(10(2)22-9)23(20,21)19-13-6-4-5-12(8-13)15-16-11(3)17-18-15/h4-8,19H,1-3H3,(H,16,17,18). The van der Waals surface area contributed by atoms with Gasteiger partial charge in [0.05, 0.1) is 0 Å². The molecule has 0 fully saturated rings. The predicted octanol–water partition coefficient (Wildman–Crippen LogP) is 3.26. The second kappa shape index (κ2) is 5.78. The fourth-order valence-corrected chi connectivity index (χ4v) is 4.88. The summed E-state index contributed by atoms with van der Waals surface area (Å²) in [5.41, 5.74) is 1.22. The maximum atomic E-state index is 12.5. The van der Waals surface area contributed by atoms with Gasteiger partial charge < -0.3 is 0 Å². The molecule has 0 unspecified atom stereocenters. The maximum Gasteiger partial charge on any atom is 0.262 e. The van der Waals surface area contributed by atoms with E-state index in [4.69, 9.17) is 0 Å². The van der Waals surface area contributed by atoms with Crippen molar-refractivity contribution in [2.24, 2.45) is 0 Å². The van der Waals surface area contributed by atoms with Gasteiger partial charge in [0.2, 0.25) is 0 Å². The fourth-order valence-electron chi connectivity index (χ4n) is 2.28. The zero-order valence-electron chi connectivity index (χ0n) is 12.9. The van der Waals surface area contributed by atoms with E-state index in [1.165, 1.54) is 11.3 Å². The lowest BCUT2D eigenvalue weighted by Crippen LogP contribution is -2.13. The van der Waals surface area contributed by atoms with E-state index in [1.54, 1.807) is 31.2 Å². The number of aryl methyl sites for hydroxylation is 3. The summed E-state index contributed by atoms with van der Waals surface area (Å²) in [5, 5.41) is 6.86. The van der Waals surface area contributed by atoms with E-state index < -0.39 is 10.0 Å². The largest absolute Gasteiger partial charge is 0.280 e. The third-order valence-corrected chi connectivity index (χ3v) is 5.86. The maximum absolute atomic E-state index is 12.5. The highest BCUT2D eigenvalue weighted by Crippen LogP contribution is 2.27. The Morgan fingerprint density at radius 1 is 1.17 bits per heavy atom. The van der Waals surface area contributed by atoms with Crippen molar-refractivity contribution in [3.05, 3.63) is 45.9 Å². The minimum absolute atomic E-state index is 0.319. The van der Waals surface area contributed by atoms with E-state index in [0.717, 1.165) is 15.3 Å². The monoisotopic (exact) mass is 348 g/mol. The number of sulfonamides is 1. The molecular formula is C15H16N4O2S2. The van der Waals surface area contributed by atoms with E-state index in [-0.39, 0.29) is 0 Å². The number of nitrogens with zero attached hydrogens (tertiary/aromatic N) is 2. The molecule has 0 radical (unpaired) electrons. The quantitative estimate of drug-likeness (QED) is 0.757. The highest BCUT2D eigenvalue weighted by Gasteiger charge is 2.19. The Hall–Kier alpha value is -2.19. The number of hydrogen-bond donors (Lipinski definition) is 2. The zero-order chi connectivity index (χ0) is 16.6. The number of benzene rings is 1. The van der Waals surface area contributed by atoms with E-state index in [0.29, 0.717) is 22.2 Å². The number of thiophene rings is 1. The summed E-state index contributed by atoms with van der Waals surface area (Å²) < 4.78 is 27.7. The van der Waals surface area contributed by atoms with E-state index in [9.17, 15) is 8.42 Å². The topological polar surface area (TPSA) is 87.7 Å². The van der Waals surface area contributed by atoms with E-state index in [1.807, 2.05) is 19.9 Å². The Balaban J connectivity index is 1.93. The second-order valence-electron chi connectivity index (χ2n) is 5.21. The summed E-state index contributed by atoms with van der Waals surface area (Å²) in [7, 11) is -3.61. The van der Waals surface area contributed by atoms with Crippen molar-refractivity contribution in [3.63, 3.8) is 0 Å². The molecule has 0 aliphatic carbocycles. The van der Waals surface area contributed by atoms with Crippen LogP contribution in [-0.4, -0.2) is 23.6 Å². The van der Waals surface area contributed by atoms with Crippen molar-refractivity contribution in [3.8, 4) is 11.4 Å². The minimum Gasteiger partial charge on any atom is -0.280 e. The van der Waals surface area contributed by atoms with Gasteiger partial charge in [-0.1, -0.05) is 12.1 Å². The van der Waals surface area contributed by atoms with Crippen molar-refractivity contribution in [1.29, 1.82) is 0 Å². The predicted molar refractivity (Wildman–Crippen MR) is 91.2 cm³/mol. The number of aromatic amines is 1. The molecule has 0 saturated carbocycles. The number of aromatic nitrogens is 3. The number of rotatable bonds is 4.